The number of hydrogen-bond acceptors (Lipinski definition) is 2. The third-order valence-corrected chi connectivity index (χ3v) is 4.93. The van der Waals surface area contributed by atoms with Gasteiger partial charge in [0.15, 0.2) is 0 Å². The van der Waals surface area contributed by atoms with E-state index in [4.69, 9.17) is 0 Å². The van der Waals surface area contributed by atoms with Gasteiger partial charge in [0.25, 0.3) is 0 Å². The van der Waals surface area contributed by atoms with Crippen LogP contribution < -0.4 is 0 Å². The second-order valence-corrected chi connectivity index (χ2v) is 6.54. The normalized spacial score (nSPS) is 15.1. The fraction of sp³-hybridized carbons (Fsp3) is 0.300. The Bertz CT molecular complexity index is 846. The lowest BCUT2D eigenvalue weighted by molar-refractivity contribution is 0.458. The van der Waals surface area contributed by atoms with Crippen molar-refractivity contribution in [2.75, 3.05) is 0 Å². The van der Waals surface area contributed by atoms with E-state index in [1.54, 1.807) is 13.0 Å². The molecular formula is C20H20FN3. The molecular weight excluding hydrogens is 301 g/mol. The molecule has 24 heavy (non-hydrogen) atoms. The van der Waals surface area contributed by atoms with Gasteiger partial charge in [0.2, 0.25) is 0 Å². The Kier molecular flexibility index (Phi) is 3.89. The monoisotopic (exact) mass is 321 g/mol. The van der Waals surface area contributed by atoms with E-state index in [0.29, 0.717) is 11.6 Å². The fourth-order valence-corrected chi connectivity index (χ4v) is 3.47. The first-order valence-electron chi connectivity index (χ1n) is 8.49. The summed E-state index contributed by atoms with van der Waals surface area (Å²) < 4.78 is 15.8. The maximum atomic E-state index is 13.8. The molecule has 0 spiro atoms. The Morgan fingerprint density at radius 3 is 2.33 bits per heavy atom. The number of halogens is 1. The molecule has 0 radical (unpaired) electrons. The molecule has 3 nitrogen and oxygen atoms in total. The maximum Gasteiger partial charge on any atom is 0.126 e. The van der Waals surface area contributed by atoms with Gasteiger partial charge in [-0.15, -0.1) is 5.10 Å². The van der Waals surface area contributed by atoms with E-state index in [2.05, 4.69) is 27.1 Å². The first-order valence-corrected chi connectivity index (χ1v) is 8.49. The molecule has 1 aliphatic carbocycles. The van der Waals surface area contributed by atoms with Gasteiger partial charge in [-0.1, -0.05) is 54.5 Å². The summed E-state index contributed by atoms with van der Waals surface area (Å²) in [7, 11) is 0. The lowest BCUT2D eigenvalue weighted by Crippen LogP contribution is -2.08. The van der Waals surface area contributed by atoms with Gasteiger partial charge in [-0.3, -0.25) is 0 Å². The fourth-order valence-electron chi connectivity index (χ4n) is 3.47. The van der Waals surface area contributed by atoms with Crippen molar-refractivity contribution in [3.8, 4) is 22.4 Å². The van der Waals surface area contributed by atoms with Gasteiger partial charge in [0.1, 0.15) is 5.82 Å². The van der Waals surface area contributed by atoms with Crippen LogP contribution in [0.1, 0.15) is 37.3 Å². The molecule has 122 valence electrons. The molecule has 0 N–H and O–H groups in total. The van der Waals surface area contributed by atoms with Crippen LogP contribution in [0.3, 0.4) is 0 Å². The van der Waals surface area contributed by atoms with Crippen LogP contribution in [0.5, 0.6) is 0 Å². The van der Waals surface area contributed by atoms with E-state index in [1.165, 1.54) is 25.7 Å². The van der Waals surface area contributed by atoms with Crippen LogP contribution in [-0.2, 0) is 0 Å². The first kappa shape index (κ1) is 15.1. The van der Waals surface area contributed by atoms with Gasteiger partial charge in [0.05, 0.1) is 17.9 Å². The molecule has 0 unspecified atom stereocenters. The zero-order valence-electron chi connectivity index (χ0n) is 13.7. The molecule has 4 rings (SSSR count). The average molecular weight is 321 g/mol. The molecule has 0 atom stereocenters. The summed E-state index contributed by atoms with van der Waals surface area (Å²) in [5.41, 5.74) is 4.73. The van der Waals surface area contributed by atoms with Crippen LogP contribution >= 0.6 is 0 Å². The van der Waals surface area contributed by atoms with Crippen LogP contribution in [0.2, 0.25) is 0 Å². The largest absolute Gasteiger partial charge is 0.242 e. The molecule has 4 heteroatoms. The summed E-state index contributed by atoms with van der Waals surface area (Å²) in [6, 6.07) is 14.0. The SMILES string of the molecule is Cc1ccc(-c2ccc(-c3cnnn3C3CCCC3)cc2)cc1F. The Labute approximate surface area is 141 Å². The number of benzene rings is 2. The molecule has 1 aliphatic rings. The zero-order chi connectivity index (χ0) is 16.5. The number of nitrogens with zero attached hydrogens (tertiary/aromatic N) is 3. The summed E-state index contributed by atoms with van der Waals surface area (Å²) >= 11 is 0. The molecule has 0 bridgehead atoms. The van der Waals surface area contributed by atoms with Crippen LogP contribution in [0.15, 0.2) is 48.7 Å². The number of aromatic nitrogens is 3. The second kappa shape index (κ2) is 6.19. The summed E-state index contributed by atoms with van der Waals surface area (Å²) in [5, 5.41) is 8.40. The van der Waals surface area contributed by atoms with Gasteiger partial charge in [-0.2, -0.15) is 0 Å². The minimum atomic E-state index is -0.167. The smallest absolute Gasteiger partial charge is 0.126 e. The summed E-state index contributed by atoms with van der Waals surface area (Å²) in [5.74, 6) is -0.167. The maximum absolute atomic E-state index is 13.8. The van der Waals surface area contributed by atoms with Crippen molar-refractivity contribution in [2.24, 2.45) is 0 Å². The average Bonchev–Trinajstić information content (AvgIpc) is 3.28. The number of aryl methyl sites for hydroxylation is 1. The van der Waals surface area contributed by atoms with Crippen molar-refractivity contribution in [3.05, 3.63) is 60.0 Å². The topological polar surface area (TPSA) is 30.7 Å². The van der Waals surface area contributed by atoms with Gasteiger partial charge in [-0.25, -0.2) is 9.07 Å². The molecule has 2 aromatic carbocycles. The number of hydrogen-bond donors (Lipinski definition) is 0. The summed E-state index contributed by atoms with van der Waals surface area (Å²) in [4.78, 5) is 0. The van der Waals surface area contributed by atoms with E-state index >= 15 is 0 Å². The summed E-state index contributed by atoms with van der Waals surface area (Å²) in [6.07, 6.45) is 6.72. The second-order valence-electron chi connectivity index (χ2n) is 6.54. The highest BCUT2D eigenvalue weighted by Crippen LogP contribution is 2.33. The van der Waals surface area contributed by atoms with Crippen LogP contribution in [0.25, 0.3) is 22.4 Å². The molecule has 1 saturated carbocycles. The van der Waals surface area contributed by atoms with Gasteiger partial charge in [-0.05, 0) is 42.5 Å². The van der Waals surface area contributed by atoms with Crippen LogP contribution in [-0.4, -0.2) is 15.0 Å². The third-order valence-electron chi connectivity index (χ3n) is 4.93. The van der Waals surface area contributed by atoms with E-state index in [0.717, 1.165) is 22.4 Å². The Balaban J connectivity index is 1.64. The Morgan fingerprint density at radius 2 is 1.62 bits per heavy atom. The van der Waals surface area contributed by atoms with Crippen LogP contribution in [0, 0.1) is 12.7 Å². The van der Waals surface area contributed by atoms with Crippen molar-refractivity contribution in [1.29, 1.82) is 0 Å². The lowest BCUT2D eigenvalue weighted by atomic mass is 10.0. The Hall–Kier alpha value is -2.49. The highest BCUT2D eigenvalue weighted by Gasteiger charge is 2.21. The van der Waals surface area contributed by atoms with Crippen molar-refractivity contribution in [2.45, 2.75) is 38.6 Å². The molecule has 0 saturated heterocycles. The minimum Gasteiger partial charge on any atom is -0.242 e. The van der Waals surface area contributed by atoms with Crippen molar-refractivity contribution in [3.63, 3.8) is 0 Å². The first-order chi connectivity index (χ1) is 11.7. The van der Waals surface area contributed by atoms with E-state index in [-0.39, 0.29) is 5.82 Å². The molecule has 1 aromatic heterocycles. The predicted molar refractivity (Wildman–Crippen MR) is 93.1 cm³/mol. The van der Waals surface area contributed by atoms with Crippen molar-refractivity contribution < 1.29 is 4.39 Å². The van der Waals surface area contributed by atoms with Crippen molar-refractivity contribution >= 4 is 0 Å². The molecule has 3 aromatic rings. The predicted octanol–water partition coefficient (Wildman–Crippen LogP) is 5.17. The molecule has 1 fully saturated rings. The third kappa shape index (κ3) is 2.73. The van der Waals surface area contributed by atoms with Gasteiger partial charge < -0.3 is 0 Å². The minimum absolute atomic E-state index is 0.167. The Morgan fingerprint density at radius 1 is 0.958 bits per heavy atom. The zero-order valence-corrected chi connectivity index (χ0v) is 13.7. The lowest BCUT2D eigenvalue weighted by Gasteiger charge is -2.13. The molecule has 0 aliphatic heterocycles. The molecule has 0 amide bonds. The van der Waals surface area contributed by atoms with Crippen molar-refractivity contribution in [1.82, 2.24) is 15.0 Å². The molecule has 1 heterocycles. The van der Waals surface area contributed by atoms with E-state index < -0.39 is 0 Å². The number of rotatable bonds is 3. The highest BCUT2D eigenvalue weighted by molar-refractivity contribution is 5.69. The van der Waals surface area contributed by atoms with E-state index in [9.17, 15) is 4.39 Å². The van der Waals surface area contributed by atoms with E-state index in [1.807, 2.05) is 30.5 Å². The highest BCUT2D eigenvalue weighted by atomic mass is 19.1. The van der Waals surface area contributed by atoms with Gasteiger partial charge in [0, 0.05) is 5.56 Å². The van der Waals surface area contributed by atoms with Crippen LogP contribution in [0.4, 0.5) is 4.39 Å². The van der Waals surface area contributed by atoms with Gasteiger partial charge >= 0.3 is 0 Å². The quantitative estimate of drug-likeness (QED) is 0.666. The summed E-state index contributed by atoms with van der Waals surface area (Å²) in [6.45, 7) is 1.78. The standard InChI is InChI=1S/C20H20FN3/c1-14-6-7-17(12-19(14)21)15-8-10-16(11-9-15)20-13-22-23-24(20)18-4-2-3-5-18/h6-13,18H,2-5H2,1H3.